The van der Waals surface area contributed by atoms with E-state index >= 15 is 0 Å². The van der Waals surface area contributed by atoms with E-state index in [0.717, 1.165) is 0 Å². The smallest absolute Gasteiger partial charge is 0.344 e. The summed E-state index contributed by atoms with van der Waals surface area (Å²) in [5.41, 5.74) is 6.16. The summed E-state index contributed by atoms with van der Waals surface area (Å²) in [5, 5.41) is 10.8. The molecule has 0 aliphatic carbocycles. The molecular formula is C23H21NO8. The molecule has 0 bridgehead atoms. The van der Waals surface area contributed by atoms with Crippen LogP contribution in [0.2, 0.25) is 0 Å². The maximum absolute atomic E-state index is 13.1. The zero-order chi connectivity index (χ0) is 23.0. The molecule has 0 radical (unpaired) electrons. The third kappa shape index (κ3) is 3.27. The van der Waals surface area contributed by atoms with Crippen molar-refractivity contribution in [2.24, 2.45) is 5.73 Å². The SMILES string of the molecule is CCOC(=O)C1=C(N)Oc2c(c(=O)oc3ccccc23)[C@H]1c1cc(OC)c(O)c(OC)c1. The van der Waals surface area contributed by atoms with E-state index in [2.05, 4.69) is 0 Å². The molecule has 1 aliphatic heterocycles. The fraction of sp³-hybridized carbons (Fsp3) is 0.217. The second-order valence-electron chi connectivity index (χ2n) is 6.94. The van der Waals surface area contributed by atoms with Crippen LogP contribution in [0.25, 0.3) is 11.0 Å². The maximum Gasteiger partial charge on any atom is 0.344 e. The second-order valence-corrected chi connectivity index (χ2v) is 6.94. The van der Waals surface area contributed by atoms with Gasteiger partial charge in [-0.05, 0) is 36.8 Å². The van der Waals surface area contributed by atoms with Gasteiger partial charge < -0.3 is 34.2 Å². The summed E-state index contributed by atoms with van der Waals surface area (Å²) in [6.07, 6.45) is 0. The Bertz CT molecular complexity index is 1280. The van der Waals surface area contributed by atoms with Gasteiger partial charge in [0.05, 0.1) is 37.7 Å². The van der Waals surface area contributed by atoms with Crippen molar-refractivity contribution < 1.29 is 33.3 Å². The Labute approximate surface area is 182 Å². The van der Waals surface area contributed by atoms with Crippen molar-refractivity contribution in [1.29, 1.82) is 0 Å². The zero-order valence-corrected chi connectivity index (χ0v) is 17.6. The van der Waals surface area contributed by atoms with Gasteiger partial charge >= 0.3 is 11.6 Å². The minimum atomic E-state index is -1.03. The molecule has 0 fully saturated rings. The number of para-hydroxylation sites is 1. The Morgan fingerprint density at radius 1 is 1.16 bits per heavy atom. The number of nitrogens with two attached hydrogens (primary N) is 1. The van der Waals surface area contributed by atoms with Crippen molar-refractivity contribution in [2.45, 2.75) is 12.8 Å². The molecule has 9 nitrogen and oxygen atoms in total. The first-order valence-corrected chi connectivity index (χ1v) is 9.76. The number of carbonyl (C=O) groups excluding carboxylic acids is 1. The summed E-state index contributed by atoms with van der Waals surface area (Å²) in [6, 6.07) is 9.79. The van der Waals surface area contributed by atoms with Crippen molar-refractivity contribution in [2.75, 3.05) is 20.8 Å². The van der Waals surface area contributed by atoms with Crippen LogP contribution in [-0.4, -0.2) is 31.9 Å². The standard InChI is InChI=1S/C23H21NO8/c1-4-30-22(26)18-16(11-9-14(28-2)19(25)15(10-11)29-3)17-20(32-21(18)24)12-7-5-6-8-13(12)31-23(17)27/h5-10,16,25H,4,24H2,1-3H3/t16-/m1/s1. The molecule has 1 atom stereocenters. The molecule has 1 aliphatic rings. The molecule has 3 aromatic rings. The molecule has 0 spiro atoms. The van der Waals surface area contributed by atoms with Gasteiger partial charge in [-0.25, -0.2) is 9.59 Å². The molecule has 2 heterocycles. The number of phenolic OH excluding ortho intramolecular Hbond substituents is 1. The minimum Gasteiger partial charge on any atom is -0.502 e. The van der Waals surface area contributed by atoms with Crippen LogP contribution in [0.4, 0.5) is 0 Å². The molecule has 0 amide bonds. The molecule has 9 heteroatoms. The lowest BCUT2D eigenvalue weighted by atomic mass is 9.83. The van der Waals surface area contributed by atoms with E-state index in [4.69, 9.17) is 29.1 Å². The van der Waals surface area contributed by atoms with E-state index in [0.29, 0.717) is 16.5 Å². The summed E-state index contributed by atoms with van der Waals surface area (Å²) in [5.74, 6) is -1.87. The molecule has 3 N–H and O–H groups in total. The Hall–Kier alpha value is -4.14. The van der Waals surface area contributed by atoms with E-state index in [9.17, 15) is 14.7 Å². The number of methoxy groups -OCH3 is 2. The van der Waals surface area contributed by atoms with Crippen molar-refractivity contribution in [1.82, 2.24) is 0 Å². The van der Waals surface area contributed by atoms with Crippen LogP contribution >= 0.6 is 0 Å². The van der Waals surface area contributed by atoms with Crippen LogP contribution in [-0.2, 0) is 9.53 Å². The van der Waals surface area contributed by atoms with Gasteiger partial charge in [-0.15, -0.1) is 0 Å². The van der Waals surface area contributed by atoms with Gasteiger partial charge in [0.15, 0.2) is 17.2 Å². The van der Waals surface area contributed by atoms with Gasteiger partial charge in [0.25, 0.3) is 0 Å². The third-order valence-corrected chi connectivity index (χ3v) is 5.18. The Balaban J connectivity index is 2.08. The Morgan fingerprint density at radius 2 is 1.81 bits per heavy atom. The highest BCUT2D eigenvalue weighted by Gasteiger charge is 2.40. The first kappa shape index (κ1) is 21.1. The maximum atomic E-state index is 13.1. The molecule has 1 aromatic heterocycles. The van der Waals surface area contributed by atoms with Gasteiger partial charge in [0.1, 0.15) is 11.2 Å². The summed E-state index contributed by atoms with van der Waals surface area (Å²) in [6.45, 7) is 1.74. The van der Waals surface area contributed by atoms with Gasteiger partial charge in [0.2, 0.25) is 11.6 Å². The predicted octanol–water partition coefficient (Wildman–Crippen LogP) is 2.77. The summed E-state index contributed by atoms with van der Waals surface area (Å²) in [4.78, 5) is 26.0. The number of phenols is 1. The number of ether oxygens (including phenoxy) is 4. The van der Waals surface area contributed by atoms with Crippen LogP contribution in [0.3, 0.4) is 0 Å². The zero-order valence-electron chi connectivity index (χ0n) is 17.6. The van der Waals surface area contributed by atoms with E-state index < -0.39 is 17.5 Å². The molecular weight excluding hydrogens is 418 g/mol. The van der Waals surface area contributed by atoms with E-state index in [1.807, 2.05) is 0 Å². The molecule has 2 aromatic carbocycles. The lowest BCUT2D eigenvalue weighted by Crippen LogP contribution is -2.31. The third-order valence-electron chi connectivity index (χ3n) is 5.18. The number of benzene rings is 2. The van der Waals surface area contributed by atoms with Crippen molar-refractivity contribution in [3.8, 4) is 23.0 Å². The molecule has 0 saturated carbocycles. The fourth-order valence-corrected chi connectivity index (χ4v) is 3.79. The summed E-state index contributed by atoms with van der Waals surface area (Å²) < 4.78 is 27.0. The highest BCUT2D eigenvalue weighted by molar-refractivity contribution is 5.94. The van der Waals surface area contributed by atoms with E-state index in [-0.39, 0.29) is 46.6 Å². The highest BCUT2D eigenvalue weighted by atomic mass is 16.5. The van der Waals surface area contributed by atoms with E-state index in [1.165, 1.54) is 26.4 Å². The van der Waals surface area contributed by atoms with Crippen LogP contribution < -0.4 is 25.6 Å². The predicted molar refractivity (Wildman–Crippen MR) is 114 cm³/mol. The molecule has 0 saturated heterocycles. The lowest BCUT2D eigenvalue weighted by Gasteiger charge is -2.28. The quantitative estimate of drug-likeness (QED) is 0.455. The topological polar surface area (TPSA) is 130 Å². The number of hydrogen-bond acceptors (Lipinski definition) is 9. The van der Waals surface area contributed by atoms with Crippen LogP contribution in [0, 0.1) is 0 Å². The van der Waals surface area contributed by atoms with Crippen molar-refractivity contribution in [3.63, 3.8) is 0 Å². The van der Waals surface area contributed by atoms with Crippen molar-refractivity contribution in [3.05, 3.63) is 69.4 Å². The summed E-state index contributed by atoms with van der Waals surface area (Å²) >= 11 is 0. The van der Waals surface area contributed by atoms with Crippen LogP contribution in [0.15, 0.2) is 57.1 Å². The van der Waals surface area contributed by atoms with Gasteiger partial charge in [-0.1, -0.05) is 12.1 Å². The minimum absolute atomic E-state index is 0.0655. The number of fused-ring (bicyclic) bond motifs is 3. The monoisotopic (exact) mass is 439 g/mol. The molecule has 32 heavy (non-hydrogen) atoms. The number of esters is 1. The molecule has 166 valence electrons. The highest BCUT2D eigenvalue weighted by Crippen LogP contribution is 2.47. The Kier molecular flexibility index (Phi) is 5.40. The first-order chi connectivity index (χ1) is 15.4. The number of hydrogen-bond donors (Lipinski definition) is 2. The van der Waals surface area contributed by atoms with Crippen molar-refractivity contribution >= 4 is 16.9 Å². The Morgan fingerprint density at radius 3 is 2.44 bits per heavy atom. The van der Waals surface area contributed by atoms with Gasteiger partial charge in [-0.3, -0.25) is 0 Å². The van der Waals surface area contributed by atoms with Crippen LogP contribution in [0.5, 0.6) is 23.0 Å². The summed E-state index contributed by atoms with van der Waals surface area (Å²) in [7, 11) is 2.74. The number of aromatic hydroxyl groups is 1. The fourth-order valence-electron chi connectivity index (χ4n) is 3.79. The largest absolute Gasteiger partial charge is 0.502 e. The van der Waals surface area contributed by atoms with Gasteiger partial charge in [-0.2, -0.15) is 0 Å². The lowest BCUT2D eigenvalue weighted by molar-refractivity contribution is -0.139. The van der Waals surface area contributed by atoms with E-state index in [1.54, 1.807) is 31.2 Å². The average molecular weight is 439 g/mol. The molecule has 0 unspecified atom stereocenters. The first-order valence-electron chi connectivity index (χ1n) is 9.76. The van der Waals surface area contributed by atoms with Crippen LogP contribution in [0.1, 0.15) is 24.0 Å². The average Bonchev–Trinajstić information content (AvgIpc) is 2.78. The number of rotatable bonds is 5. The normalized spacial score (nSPS) is 15.2. The second kappa shape index (κ2) is 8.18. The van der Waals surface area contributed by atoms with Gasteiger partial charge in [0, 0.05) is 0 Å². The molecule has 4 rings (SSSR count). The number of carbonyl (C=O) groups is 1.